The summed E-state index contributed by atoms with van der Waals surface area (Å²) in [6.07, 6.45) is 2.47. The number of hydrogen-bond donors (Lipinski definition) is 2. The molecular formula is C35H49N3O6. The second-order valence-corrected chi connectivity index (χ2v) is 12.8. The van der Waals surface area contributed by atoms with Gasteiger partial charge in [-0.3, -0.25) is 9.59 Å². The number of benzene rings is 2. The van der Waals surface area contributed by atoms with Crippen LogP contribution in [0.5, 0.6) is 0 Å². The predicted octanol–water partition coefficient (Wildman–Crippen LogP) is 5.98. The summed E-state index contributed by atoms with van der Waals surface area (Å²) in [6, 6.07) is 13.4. The molecule has 0 spiro atoms. The number of carbonyl (C=O) groups excluding carboxylic acids is 4. The van der Waals surface area contributed by atoms with Crippen LogP contribution in [0.3, 0.4) is 0 Å². The number of rotatable bonds is 13. The number of unbranched alkanes of at least 4 members (excludes halogenated alkanes) is 1. The summed E-state index contributed by atoms with van der Waals surface area (Å²) in [6.45, 7) is 18.1. The molecule has 44 heavy (non-hydrogen) atoms. The Morgan fingerprint density at radius 2 is 1.55 bits per heavy atom. The molecule has 240 valence electrons. The number of amides is 3. The van der Waals surface area contributed by atoms with Gasteiger partial charge >= 0.3 is 12.1 Å². The van der Waals surface area contributed by atoms with E-state index in [2.05, 4.69) is 17.2 Å². The van der Waals surface area contributed by atoms with Crippen LogP contribution >= 0.6 is 0 Å². The molecule has 0 bridgehead atoms. The molecule has 0 aliphatic heterocycles. The van der Waals surface area contributed by atoms with E-state index in [9.17, 15) is 19.2 Å². The van der Waals surface area contributed by atoms with Crippen LogP contribution in [0.25, 0.3) is 6.08 Å². The highest BCUT2D eigenvalue weighted by Crippen LogP contribution is 2.25. The highest BCUT2D eigenvalue weighted by atomic mass is 16.6. The normalized spacial score (nSPS) is 13.5. The molecule has 2 rings (SSSR count). The summed E-state index contributed by atoms with van der Waals surface area (Å²) >= 11 is 0. The fourth-order valence-corrected chi connectivity index (χ4v) is 4.49. The molecule has 2 aromatic rings. The van der Waals surface area contributed by atoms with Crippen molar-refractivity contribution in [2.45, 2.75) is 104 Å². The van der Waals surface area contributed by atoms with Crippen LogP contribution in [-0.4, -0.2) is 58.6 Å². The fraction of sp³-hybridized carbons (Fsp3) is 0.486. The maximum Gasteiger partial charge on any atom is 0.408 e. The topological polar surface area (TPSA) is 114 Å². The Hall–Kier alpha value is -4.14. The van der Waals surface area contributed by atoms with Crippen LogP contribution in [0.2, 0.25) is 0 Å². The van der Waals surface area contributed by atoms with Gasteiger partial charge in [0.15, 0.2) is 0 Å². The molecule has 3 amide bonds. The SMILES string of the molecule is C=Cc1cccc(C(C(=O)NC(Cc2ccccc2)C(=O)OC(C)(C)C)N(CCCC)C(=O)C(C)NC(=O)OC(C)(C)C)c1. The van der Waals surface area contributed by atoms with Crippen molar-refractivity contribution in [3.8, 4) is 0 Å². The minimum atomic E-state index is -1.11. The Balaban J connectivity index is 2.55. The summed E-state index contributed by atoms with van der Waals surface area (Å²) in [5.41, 5.74) is 0.605. The van der Waals surface area contributed by atoms with Gasteiger partial charge in [-0.25, -0.2) is 9.59 Å². The largest absolute Gasteiger partial charge is 0.458 e. The molecule has 9 nitrogen and oxygen atoms in total. The maximum absolute atomic E-state index is 14.3. The van der Waals surface area contributed by atoms with Crippen molar-refractivity contribution in [1.29, 1.82) is 0 Å². The zero-order chi connectivity index (χ0) is 33.1. The van der Waals surface area contributed by atoms with E-state index in [0.29, 0.717) is 12.0 Å². The molecule has 0 aliphatic carbocycles. The summed E-state index contributed by atoms with van der Waals surface area (Å²) in [7, 11) is 0. The molecule has 0 saturated carbocycles. The Morgan fingerprint density at radius 1 is 0.909 bits per heavy atom. The van der Waals surface area contributed by atoms with Gasteiger partial charge in [-0.15, -0.1) is 0 Å². The molecule has 0 aromatic heterocycles. The average Bonchev–Trinajstić information content (AvgIpc) is 2.93. The zero-order valence-electron chi connectivity index (χ0n) is 27.4. The molecule has 3 atom stereocenters. The van der Waals surface area contributed by atoms with Gasteiger partial charge in [-0.1, -0.05) is 74.5 Å². The standard InChI is InChI=1S/C35H49N3O6/c1-10-12-21-38(31(40)24(3)36-33(42)44-35(7,8)9)29(27-20-16-19-25(11-2)22-27)30(39)37-28(32(41)43-34(4,5)6)23-26-17-14-13-15-18-26/h11,13-20,22,24,28-29H,2,10,12,21,23H2,1,3-9H3,(H,36,42)(H,37,39). The first-order chi connectivity index (χ1) is 20.5. The second-order valence-electron chi connectivity index (χ2n) is 12.8. The van der Waals surface area contributed by atoms with Gasteiger partial charge in [-0.2, -0.15) is 0 Å². The second kappa shape index (κ2) is 16.1. The molecule has 0 radical (unpaired) electrons. The summed E-state index contributed by atoms with van der Waals surface area (Å²) < 4.78 is 11.0. The van der Waals surface area contributed by atoms with Crippen LogP contribution in [0, 0.1) is 0 Å². The number of hydrogen-bond acceptors (Lipinski definition) is 6. The molecule has 3 unspecified atom stereocenters. The molecule has 0 saturated heterocycles. The van der Waals surface area contributed by atoms with Crippen molar-refractivity contribution in [3.05, 3.63) is 77.9 Å². The minimum absolute atomic E-state index is 0.195. The van der Waals surface area contributed by atoms with Gasteiger partial charge in [0.05, 0.1) is 0 Å². The monoisotopic (exact) mass is 607 g/mol. The third kappa shape index (κ3) is 11.9. The van der Waals surface area contributed by atoms with Crippen LogP contribution in [0.15, 0.2) is 61.2 Å². The highest BCUT2D eigenvalue weighted by molar-refractivity contribution is 5.94. The first-order valence-electron chi connectivity index (χ1n) is 15.1. The van der Waals surface area contributed by atoms with Crippen molar-refractivity contribution in [1.82, 2.24) is 15.5 Å². The summed E-state index contributed by atoms with van der Waals surface area (Å²) in [4.78, 5) is 55.7. The smallest absolute Gasteiger partial charge is 0.408 e. The Kier molecular flexibility index (Phi) is 13.2. The van der Waals surface area contributed by atoms with Crippen molar-refractivity contribution in [2.24, 2.45) is 0 Å². The first-order valence-corrected chi connectivity index (χ1v) is 15.1. The minimum Gasteiger partial charge on any atom is -0.458 e. The Labute approximate surface area is 262 Å². The predicted molar refractivity (Wildman–Crippen MR) is 173 cm³/mol. The van der Waals surface area contributed by atoms with Crippen molar-refractivity contribution in [2.75, 3.05) is 6.54 Å². The van der Waals surface area contributed by atoms with Gasteiger partial charge in [0, 0.05) is 13.0 Å². The number of ether oxygens (including phenoxy) is 2. The third-order valence-electron chi connectivity index (χ3n) is 6.45. The third-order valence-corrected chi connectivity index (χ3v) is 6.45. The Morgan fingerprint density at radius 3 is 2.11 bits per heavy atom. The fourth-order valence-electron chi connectivity index (χ4n) is 4.49. The van der Waals surface area contributed by atoms with Crippen LogP contribution in [-0.2, 0) is 30.3 Å². The zero-order valence-corrected chi connectivity index (χ0v) is 27.4. The van der Waals surface area contributed by atoms with E-state index in [1.54, 1.807) is 72.7 Å². The van der Waals surface area contributed by atoms with Gasteiger partial charge in [0.1, 0.15) is 29.3 Å². The quantitative estimate of drug-likeness (QED) is 0.271. The van der Waals surface area contributed by atoms with Crippen molar-refractivity contribution >= 4 is 30.0 Å². The van der Waals surface area contributed by atoms with E-state index >= 15 is 0 Å². The number of carbonyl (C=O) groups is 4. The highest BCUT2D eigenvalue weighted by Gasteiger charge is 2.37. The van der Waals surface area contributed by atoms with Gasteiger partial charge < -0.3 is 25.0 Å². The van der Waals surface area contributed by atoms with Crippen molar-refractivity contribution in [3.63, 3.8) is 0 Å². The molecule has 0 aliphatic rings. The maximum atomic E-state index is 14.3. The number of esters is 1. The number of nitrogens with zero attached hydrogens (tertiary/aromatic N) is 1. The molecule has 2 N–H and O–H groups in total. The summed E-state index contributed by atoms with van der Waals surface area (Å²) in [5, 5.41) is 5.51. The lowest BCUT2D eigenvalue weighted by atomic mass is 9.99. The van der Waals surface area contributed by atoms with Gasteiger partial charge in [0.2, 0.25) is 11.8 Å². The van der Waals surface area contributed by atoms with E-state index in [4.69, 9.17) is 9.47 Å². The molecule has 0 heterocycles. The van der Waals surface area contributed by atoms with Gasteiger partial charge in [-0.05, 0) is 77.6 Å². The van der Waals surface area contributed by atoms with E-state index < -0.39 is 53.2 Å². The van der Waals surface area contributed by atoms with Crippen LogP contribution in [0.4, 0.5) is 4.79 Å². The number of alkyl carbamates (subject to hydrolysis) is 1. The lowest BCUT2D eigenvalue weighted by Gasteiger charge is -2.35. The lowest BCUT2D eigenvalue weighted by molar-refractivity contribution is -0.159. The van der Waals surface area contributed by atoms with E-state index in [-0.39, 0.29) is 13.0 Å². The molecule has 0 fully saturated rings. The molecule has 9 heteroatoms. The molecular weight excluding hydrogens is 558 g/mol. The molecule has 2 aromatic carbocycles. The van der Waals surface area contributed by atoms with Gasteiger partial charge in [0.25, 0.3) is 0 Å². The first kappa shape index (κ1) is 36.1. The van der Waals surface area contributed by atoms with Crippen LogP contribution < -0.4 is 10.6 Å². The van der Waals surface area contributed by atoms with E-state index in [0.717, 1.165) is 17.5 Å². The Bertz CT molecular complexity index is 1280. The van der Waals surface area contributed by atoms with Crippen LogP contribution in [0.1, 0.15) is 91.0 Å². The number of nitrogens with one attached hydrogen (secondary N) is 2. The lowest BCUT2D eigenvalue weighted by Crippen LogP contribution is -2.54. The average molecular weight is 608 g/mol. The summed E-state index contributed by atoms with van der Waals surface area (Å²) in [5.74, 6) is -1.60. The van der Waals surface area contributed by atoms with Crippen molar-refractivity contribution < 1.29 is 28.7 Å². The van der Waals surface area contributed by atoms with E-state index in [1.165, 1.54) is 4.90 Å². The van der Waals surface area contributed by atoms with E-state index in [1.807, 2.05) is 43.3 Å².